The van der Waals surface area contributed by atoms with Crippen molar-refractivity contribution in [3.05, 3.63) is 29.6 Å². The van der Waals surface area contributed by atoms with Gasteiger partial charge in [0.05, 0.1) is 11.3 Å². The lowest BCUT2D eigenvalue weighted by Gasteiger charge is -2.19. The molecule has 1 unspecified atom stereocenters. The zero-order valence-electron chi connectivity index (χ0n) is 12.1. The molecule has 1 fully saturated rings. The van der Waals surface area contributed by atoms with Gasteiger partial charge >= 0.3 is 12.0 Å². The lowest BCUT2D eigenvalue weighted by Crippen LogP contribution is -2.34. The average molecular weight is 294 g/mol. The normalized spacial score (nSPS) is 18.1. The van der Waals surface area contributed by atoms with Crippen molar-refractivity contribution in [2.75, 3.05) is 18.4 Å². The van der Waals surface area contributed by atoms with Crippen LogP contribution in [-0.2, 0) is 0 Å². The van der Waals surface area contributed by atoms with Crippen LogP contribution in [0.2, 0.25) is 0 Å². The van der Waals surface area contributed by atoms with Gasteiger partial charge in [0, 0.05) is 13.1 Å². The first kappa shape index (κ1) is 15.3. The maximum absolute atomic E-state index is 13.8. The molecule has 1 aliphatic rings. The molecule has 0 aromatic heterocycles. The molecule has 0 spiro atoms. The number of nitrogens with one attached hydrogen (secondary N) is 1. The quantitative estimate of drug-likeness (QED) is 0.900. The summed E-state index contributed by atoms with van der Waals surface area (Å²) < 4.78 is 13.8. The second-order valence-electron chi connectivity index (χ2n) is 5.64. The number of rotatable bonds is 3. The van der Waals surface area contributed by atoms with E-state index in [4.69, 9.17) is 5.11 Å². The van der Waals surface area contributed by atoms with Crippen LogP contribution in [0, 0.1) is 17.7 Å². The van der Waals surface area contributed by atoms with Gasteiger partial charge in [-0.1, -0.05) is 19.9 Å². The molecule has 6 heteroatoms. The predicted octanol–water partition coefficient (Wildman–Crippen LogP) is 3.03. The predicted molar refractivity (Wildman–Crippen MR) is 76.9 cm³/mol. The van der Waals surface area contributed by atoms with E-state index in [1.807, 2.05) is 0 Å². The van der Waals surface area contributed by atoms with E-state index in [0.717, 1.165) is 12.5 Å². The van der Waals surface area contributed by atoms with E-state index in [1.165, 1.54) is 12.1 Å². The third kappa shape index (κ3) is 3.32. The van der Waals surface area contributed by atoms with E-state index in [-0.39, 0.29) is 11.3 Å². The monoisotopic (exact) mass is 294 g/mol. The van der Waals surface area contributed by atoms with Gasteiger partial charge in [0.1, 0.15) is 5.82 Å². The van der Waals surface area contributed by atoms with Crippen LogP contribution >= 0.6 is 0 Å². The van der Waals surface area contributed by atoms with Gasteiger partial charge in [-0.3, -0.25) is 0 Å². The van der Waals surface area contributed by atoms with Gasteiger partial charge in [0.25, 0.3) is 0 Å². The molecule has 2 N–H and O–H groups in total. The fraction of sp³-hybridized carbons (Fsp3) is 0.467. The summed E-state index contributed by atoms with van der Waals surface area (Å²) in [4.78, 5) is 24.9. The van der Waals surface area contributed by atoms with Gasteiger partial charge in [-0.25, -0.2) is 14.0 Å². The Bertz CT molecular complexity index is 560. The molecule has 1 heterocycles. The van der Waals surface area contributed by atoms with Crippen LogP contribution < -0.4 is 5.32 Å². The molecule has 0 bridgehead atoms. The number of anilines is 1. The number of nitrogens with zero attached hydrogens (tertiary/aromatic N) is 1. The summed E-state index contributed by atoms with van der Waals surface area (Å²) in [5.74, 6) is -1.12. The molecule has 114 valence electrons. The number of carbonyl (C=O) groups is 2. The summed E-state index contributed by atoms with van der Waals surface area (Å²) in [6, 6.07) is 3.25. The third-order valence-corrected chi connectivity index (χ3v) is 3.93. The number of halogens is 1. The highest BCUT2D eigenvalue weighted by Crippen LogP contribution is 2.25. The van der Waals surface area contributed by atoms with Crippen LogP contribution in [-0.4, -0.2) is 35.1 Å². The standard InChI is InChI=1S/C15H19FN2O3/c1-9(2)10-6-7-18(8-10)15(21)17-13-11(14(19)20)4-3-5-12(13)16/h3-5,9-10H,6-8H2,1-2H3,(H,17,21)(H,19,20). The third-order valence-electron chi connectivity index (χ3n) is 3.93. The Labute approximate surface area is 122 Å². The van der Waals surface area contributed by atoms with Crippen LogP contribution in [0.3, 0.4) is 0 Å². The largest absolute Gasteiger partial charge is 0.478 e. The molecule has 2 rings (SSSR count). The smallest absolute Gasteiger partial charge is 0.337 e. The number of benzene rings is 1. The van der Waals surface area contributed by atoms with Crippen molar-refractivity contribution < 1.29 is 19.1 Å². The van der Waals surface area contributed by atoms with Crippen LogP contribution in [0.5, 0.6) is 0 Å². The Balaban J connectivity index is 2.12. The van der Waals surface area contributed by atoms with Gasteiger partial charge in [0.15, 0.2) is 0 Å². The fourth-order valence-corrected chi connectivity index (χ4v) is 2.53. The maximum atomic E-state index is 13.8. The Kier molecular flexibility index (Phi) is 4.45. The number of carbonyl (C=O) groups excluding carboxylic acids is 1. The molecule has 21 heavy (non-hydrogen) atoms. The first-order chi connectivity index (χ1) is 9.90. The van der Waals surface area contributed by atoms with E-state index in [9.17, 15) is 14.0 Å². The number of likely N-dealkylation sites (tertiary alicyclic amines) is 1. The highest BCUT2D eigenvalue weighted by Gasteiger charge is 2.29. The number of hydrogen-bond acceptors (Lipinski definition) is 2. The number of carboxylic acids is 1. The number of urea groups is 1. The molecule has 1 aromatic carbocycles. The summed E-state index contributed by atoms with van der Waals surface area (Å²) in [5, 5.41) is 11.4. The lowest BCUT2D eigenvalue weighted by molar-refractivity contribution is 0.0697. The zero-order chi connectivity index (χ0) is 15.6. The van der Waals surface area contributed by atoms with E-state index >= 15 is 0 Å². The molecule has 1 atom stereocenters. The molecule has 1 aromatic rings. The number of carboxylic acid groups (broad SMARTS) is 1. The highest BCUT2D eigenvalue weighted by molar-refractivity contribution is 6.00. The van der Waals surface area contributed by atoms with E-state index < -0.39 is 17.8 Å². The van der Waals surface area contributed by atoms with Crippen LogP contribution in [0.1, 0.15) is 30.6 Å². The molecule has 1 aliphatic heterocycles. The number of aromatic carboxylic acids is 1. The molecular formula is C15H19FN2O3. The van der Waals surface area contributed by atoms with Gasteiger partial charge in [-0.05, 0) is 30.4 Å². The van der Waals surface area contributed by atoms with E-state index in [1.54, 1.807) is 4.90 Å². The van der Waals surface area contributed by atoms with Crippen LogP contribution in [0.25, 0.3) is 0 Å². The Morgan fingerprint density at radius 3 is 2.71 bits per heavy atom. The Hall–Kier alpha value is -2.11. The van der Waals surface area contributed by atoms with Crippen LogP contribution in [0.4, 0.5) is 14.9 Å². The zero-order valence-corrected chi connectivity index (χ0v) is 12.1. The highest BCUT2D eigenvalue weighted by atomic mass is 19.1. The van der Waals surface area contributed by atoms with E-state index in [2.05, 4.69) is 19.2 Å². The molecule has 0 saturated carbocycles. The molecule has 0 radical (unpaired) electrons. The summed E-state index contributed by atoms with van der Waals surface area (Å²) in [6.07, 6.45) is 0.911. The minimum atomic E-state index is -1.27. The molecule has 1 saturated heterocycles. The summed E-state index contributed by atoms with van der Waals surface area (Å²) in [6.45, 7) is 5.42. The first-order valence-electron chi connectivity index (χ1n) is 6.98. The number of amides is 2. The van der Waals surface area contributed by atoms with Gasteiger partial charge in [-0.15, -0.1) is 0 Å². The van der Waals surface area contributed by atoms with Crippen molar-refractivity contribution >= 4 is 17.7 Å². The van der Waals surface area contributed by atoms with Crippen molar-refractivity contribution in [1.29, 1.82) is 0 Å². The van der Waals surface area contributed by atoms with Gasteiger partial charge in [-0.2, -0.15) is 0 Å². The molecular weight excluding hydrogens is 275 g/mol. The fourth-order valence-electron chi connectivity index (χ4n) is 2.53. The molecule has 2 amide bonds. The van der Waals surface area contributed by atoms with Crippen LogP contribution in [0.15, 0.2) is 18.2 Å². The maximum Gasteiger partial charge on any atom is 0.337 e. The Morgan fingerprint density at radius 2 is 2.14 bits per heavy atom. The van der Waals surface area contributed by atoms with Crippen molar-refractivity contribution in [3.63, 3.8) is 0 Å². The van der Waals surface area contributed by atoms with Crippen molar-refractivity contribution in [3.8, 4) is 0 Å². The van der Waals surface area contributed by atoms with Crippen molar-refractivity contribution in [1.82, 2.24) is 4.90 Å². The number of hydrogen-bond donors (Lipinski definition) is 2. The molecule has 5 nitrogen and oxygen atoms in total. The summed E-state index contributed by atoms with van der Waals surface area (Å²) >= 11 is 0. The topological polar surface area (TPSA) is 69.6 Å². The molecule has 0 aliphatic carbocycles. The van der Waals surface area contributed by atoms with Gasteiger partial charge < -0.3 is 15.3 Å². The lowest BCUT2D eigenvalue weighted by atomic mass is 9.95. The number of para-hydroxylation sites is 1. The Morgan fingerprint density at radius 1 is 1.43 bits per heavy atom. The minimum absolute atomic E-state index is 0.247. The minimum Gasteiger partial charge on any atom is -0.478 e. The SMILES string of the molecule is CC(C)C1CCN(C(=O)Nc2c(F)cccc2C(=O)O)C1. The van der Waals surface area contributed by atoms with Gasteiger partial charge in [0.2, 0.25) is 0 Å². The first-order valence-corrected chi connectivity index (χ1v) is 6.98. The second kappa shape index (κ2) is 6.11. The average Bonchev–Trinajstić information content (AvgIpc) is 2.90. The van der Waals surface area contributed by atoms with Crippen molar-refractivity contribution in [2.24, 2.45) is 11.8 Å². The van der Waals surface area contributed by atoms with Crippen molar-refractivity contribution in [2.45, 2.75) is 20.3 Å². The second-order valence-corrected chi connectivity index (χ2v) is 5.64. The summed E-state index contributed by atoms with van der Waals surface area (Å²) in [7, 11) is 0. The summed E-state index contributed by atoms with van der Waals surface area (Å²) in [5.41, 5.74) is -0.522. The van der Waals surface area contributed by atoms with E-state index in [0.29, 0.717) is 24.9 Å².